The Labute approximate surface area is 116 Å². The van der Waals surface area contributed by atoms with Crippen molar-refractivity contribution in [2.45, 2.75) is 19.8 Å². The molecule has 0 spiro atoms. The van der Waals surface area contributed by atoms with Crippen molar-refractivity contribution in [3.63, 3.8) is 0 Å². The lowest BCUT2D eigenvalue weighted by molar-refractivity contribution is -0.385. The number of nitro groups is 1. The van der Waals surface area contributed by atoms with Crippen LogP contribution < -0.4 is 9.64 Å². The molecule has 0 saturated carbocycles. The highest BCUT2D eigenvalue weighted by atomic mass is 35.5. The molecule has 1 saturated heterocycles. The molecule has 2 heterocycles. The Balaban J connectivity index is 2.43. The largest absolute Gasteiger partial charge is 0.490 e. The van der Waals surface area contributed by atoms with Crippen molar-refractivity contribution in [2.24, 2.45) is 5.92 Å². The van der Waals surface area contributed by atoms with Gasteiger partial charge >= 0.3 is 5.69 Å². The monoisotopic (exact) mass is 285 g/mol. The molecule has 0 unspecified atom stereocenters. The van der Waals surface area contributed by atoms with Crippen LogP contribution in [0.2, 0.25) is 5.15 Å². The van der Waals surface area contributed by atoms with Gasteiger partial charge < -0.3 is 9.64 Å². The van der Waals surface area contributed by atoms with E-state index in [0.29, 0.717) is 11.7 Å². The maximum Gasteiger partial charge on any atom is 0.353 e. The molecule has 0 aromatic carbocycles. The van der Waals surface area contributed by atoms with Crippen molar-refractivity contribution in [3.8, 4) is 5.75 Å². The summed E-state index contributed by atoms with van der Waals surface area (Å²) in [5.41, 5.74) is -0.110. The molecule has 1 aromatic rings. The Hall–Kier alpha value is -1.56. The van der Waals surface area contributed by atoms with Gasteiger partial charge in [0, 0.05) is 19.2 Å². The minimum absolute atomic E-state index is 0.110. The Morgan fingerprint density at radius 1 is 1.53 bits per heavy atom. The van der Waals surface area contributed by atoms with E-state index < -0.39 is 4.92 Å². The standard InChI is InChI=1S/C12H16ClN3O3/c1-8-3-5-15(6-4-8)12-11(16(17)18)9(19-2)7-10(13)14-12/h7-8H,3-6H2,1-2H3. The minimum atomic E-state index is -0.463. The van der Waals surface area contributed by atoms with Crippen molar-refractivity contribution in [1.29, 1.82) is 0 Å². The number of piperidine rings is 1. The fourth-order valence-electron chi connectivity index (χ4n) is 2.24. The van der Waals surface area contributed by atoms with Crippen LogP contribution >= 0.6 is 11.6 Å². The number of methoxy groups -OCH3 is 1. The molecule has 0 radical (unpaired) electrons. The summed E-state index contributed by atoms with van der Waals surface area (Å²) in [6.07, 6.45) is 1.99. The lowest BCUT2D eigenvalue weighted by atomic mass is 9.99. The summed E-state index contributed by atoms with van der Waals surface area (Å²) < 4.78 is 5.05. The zero-order valence-electron chi connectivity index (χ0n) is 10.9. The molecule has 1 aromatic heterocycles. The van der Waals surface area contributed by atoms with Gasteiger partial charge in [-0.25, -0.2) is 4.98 Å². The number of anilines is 1. The van der Waals surface area contributed by atoms with Crippen LogP contribution in [0.5, 0.6) is 5.75 Å². The number of aromatic nitrogens is 1. The zero-order valence-corrected chi connectivity index (χ0v) is 11.7. The molecule has 1 fully saturated rings. The highest BCUT2D eigenvalue weighted by Gasteiger charge is 2.29. The summed E-state index contributed by atoms with van der Waals surface area (Å²) in [5, 5.41) is 11.4. The summed E-state index contributed by atoms with van der Waals surface area (Å²) in [7, 11) is 1.39. The number of pyridine rings is 1. The number of hydrogen-bond donors (Lipinski definition) is 0. The Morgan fingerprint density at radius 2 is 2.16 bits per heavy atom. The van der Waals surface area contributed by atoms with Crippen molar-refractivity contribution in [1.82, 2.24) is 4.98 Å². The quantitative estimate of drug-likeness (QED) is 0.485. The third-order valence-corrected chi connectivity index (χ3v) is 3.59. The maximum atomic E-state index is 11.2. The summed E-state index contributed by atoms with van der Waals surface area (Å²) in [6.45, 7) is 3.68. The van der Waals surface area contributed by atoms with Crippen molar-refractivity contribution in [3.05, 3.63) is 21.3 Å². The molecule has 0 atom stereocenters. The van der Waals surface area contributed by atoms with Crippen LogP contribution in [-0.4, -0.2) is 30.1 Å². The van der Waals surface area contributed by atoms with Gasteiger partial charge in [-0.05, 0) is 18.8 Å². The van der Waals surface area contributed by atoms with Crippen LogP contribution in [0.1, 0.15) is 19.8 Å². The lowest BCUT2D eigenvalue weighted by Crippen LogP contribution is -2.34. The van der Waals surface area contributed by atoms with Gasteiger partial charge in [-0.3, -0.25) is 10.1 Å². The first-order valence-electron chi connectivity index (χ1n) is 6.16. The highest BCUT2D eigenvalue weighted by Crippen LogP contribution is 2.38. The average Bonchev–Trinajstić information content (AvgIpc) is 2.38. The van der Waals surface area contributed by atoms with E-state index in [1.54, 1.807) is 0 Å². The average molecular weight is 286 g/mol. The van der Waals surface area contributed by atoms with Crippen molar-refractivity contribution in [2.75, 3.05) is 25.1 Å². The third-order valence-electron chi connectivity index (χ3n) is 3.39. The summed E-state index contributed by atoms with van der Waals surface area (Å²) in [5.74, 6) is 1.09. The van der Waals surface area contributed by atoms with Crippen LogP contribution in [0.15, 0.2) is 6.07 Å². The van der Waals surface area contributed by atoms with E-state index in [2.05, 4.69) is 11.9 Å². The molecule has 0 aliphatic carbocycles. The smallest absolute Gasteiger partial charge is 0.353 e. The predicted molar refractivity (Wildman–Crippen MR) is 73.1 cm³/mol. The summed E-state index contributed by atoms with van der Waals surface area (Å²) >= 11 is 5.91. The van der Waals surface area contributed by atoms with Gasteiger partial charge in [-0.15, -0.1) is 0 Å². The molecule has 1 aliphatic rings. The van der Waals surface area contributed by atoms with Gasteiger partial charge in [0.25, 0.3) is 0 Å². The molecule has 1 aliphatic heterocycles. The second-order valence-corrected chi connectivity index (χ2v) is 5.13. The fourth-order valence-corrected chi connectivity index (χ4v) is 2.42. The van der Waals surface area contributed by atoms with E-state index in [1.807, 2.05) is 4.90 Å². The molecule has 19 heavy (non-hydrogen) atoms. The molecule has 104 valence electrons. The summed E-state index contributed by atoms with van der Waals surface area (Å²) in [4.78, 5) is 16.8. The van der Waals surface area contributed by atoms with E-state index in [0.717, 1.165) is 25.9 Å². The van der Waals surface area contributed by atoms with E-state index >= 15 is 0 Å². The SMILES string of the molecule is COc1cc(Cl)nc(N2CCC(C)CC2)c1[N+](=O)[O-]. The van der Waals surface area contributed by atoms with Crippen LogP contribution in [0.25, 0.3) is 0 Å². The molecule has 6 nitrogen and oxygen atoms in total. The minimum Gasteiger partial charge on any atom is -0.490 e. The Kier molecular flexibility index (Phi) is 4.09. The van der Waals surface area contributed by atoms with Crippen LogP contribution in [0.4, 0.5) is 11.5 Å². The van der Waals surface area contributed by atoms with Crippen molar-refractivity contribution >= 4 is 23.1 Å². The normalized spacial score (nSPS) is 16.5. The molecule has 7 heteroatoms. The lowest BCUT2D eigenvalue weighted by Gasteiger charge is -2.31. The first kappa shape index (κ1) is 13.9. The summed E-state index contributed by atoms with van der Waals surface area (Å²) in [6, 6.07) is 1.37. The van der Waals surface area contributed by atoms with Crippen molar-refractivity contribution < 1.29 is 9.66 Å². The van der Waals surface area contributed by atoms with Gasteiger partial charge in [-0.2, -0.15) is 0 Å². The van der Waals surface area contributed by atoms with Gasteiger partial charge in [0.2, 0.25) is 11.6 Å². The van der Waals surface area contributed by atoms with Crippen LogP contribution in [0.3, 0.4) is 0 Å². The second-order valence-electron chi connectivity index (χ2n) is 4.75. The second kappa shape index (κ2) is 5.61. The predicted octanol–water partition coefficient (Wildman–Crippen LogP) is 2.89. The van der Waals surface area contributed by atoms with Crippen LogP contribution in [0, 0.1) is 16.0 Å². The van der Waals surface area contributed by atoms with Gasteiger partial charge in [0.15, 0.2) is 0 Å². The van der Waals surface area contributed by atoms with Gasteiger partial charge in [-0.1, -0.05) is 18.5 Å². The molecule has 0 amide bonds. The van der Waals surface area contributed by atoms with E-state index in [9.17, 15) is 10.1 Å². The van der Waals surface area contributed by atoms with Crippen LogP contribution in [-0.2, 0) is 0 Å². The highest BCUT2D eigenvalue weighted by molar-refractivity contribution is 6.29. The van der Waals surface area contributed by atoms with E-state index in [1.165, 1.54) is 13.2 Å². The topological polar surface area (TPSA) is 68.5 Å². The number of rotatable bonds is 3. The molecule has 0 bridgehead atoms. The number of ether oxygens (including phenoxy) is 1. The Morgan fingerprint density at radius 3 is 2.68 bits per heavy atom. The third kappa shape index (κ3) is 2.89. The first-order valence-corrected chi connectivity index (χ1v) is 6.54. The number of halogens is 1. The Bertz CT molecular complexity index is 487. The molecule has 2 rings (SSSR count). The number of hydrogen-bond acceptors (Lipinski definition) is 5. The van der Waals surface area contributed by atoms with E-state index in [4.69, 9.17) is 16.3 Å². The molecule has 0 N–H and O–H groups in total. The molecular formula is C12H16ClN3O3. The maximum absolute atomic E-state index is 11.2. The van der Waals surface area contributed by atoms with Gasteiger partial charge in [0.05, 0.1) is 12.0 Å². The van der Waals surface area contributed by atoms with Gasteiger partial charge in [0.1, 0.15) is 5.15 Å². The fraction of sp³-hybridized carbons (Fsp3) is 0.583. The van der Waals surface area contributed by atoms with E-state index in [-0.39, 0.29) is 16.6 Å². The molecular weight excluding hydrogens is 270 g/mol. The first-order chi connectivity index (χ1) is 9.02. The zero-order chi connectivity index (χ0) is 14.0. The number of nitrogens with zero attached hydrogens (tertiary/aromatic N) is 3.